The Kier molecular flexibility index (Phi) is 6.42. The highest BCUT2D eigenvalue weighted by Gasteiger charge is 2.15. The van der Waals surface area contributed by atoms with E-state index >= 15 is 0 Å². The Balaban J connectivity index is 1.48. The van der Waals surface area contributed by atoms with Gasteiger partial charge < -0.3 is 14.8 Å². The SMILES string of the molecule is O=C(CSCc1ccccn1)NCc1cc(Cl)c2c(c1)OCCCO2. The molecule has 1 N–H and O–H groups in total. The third-order valence-electron chi connectivity index (χ3n) is 3.56. The van der Waals surface area contributed by atoms with Crippen molar-refractivity contribution in [1.82, 2.24) is 10.3 Å². The Labute approximate surface area is 156 Å². The summed E-state index contributed by atoms with van der Waals surface area (Å²) in [7, 11) is 0. The topological polar surface area (TPSA) is 60.5 Å². The van der Waals surface area contributed by atoms with E-state index in [1.54, 1.807) is 12.3 Å². The number of pyridine rings is 1. The van der Waals surface area contributed by atoms with Gasteiger partial charge in [0.05, 0.1) is 29.7 Å². The summed E-state index contributed by atoms with van der Waals surface area (Å²) in [6.07, 6.45) is 2.58. The van der Waals surface area contributed by atoms with E-state index in [9.17, 15) is 4.79 Å². The first-order valence-corrected chi connectivity index (χ1v) is 9.58. The first-order valence-electron chi connectivity index (χ1n) is 8.05. The van der Waals surface area contributed by atoms with Crippen LogP contribution in [0, 0.1) is 0 Å². The molecule has 3 rings (SSSR count). The molecular weight excluding hydrogens is 360 g/mol. The molecule has 25 heavy (non-hydrogen) atoms. The zero-order chi connectivity index (χ0) is 17.5. The van der Waals surface area contributed by atoms with Crippen LogP contribution in [0.2, 0.25) is 5.02 Å². The molecule has 1 aliphatic heterocycles. The fourth-order valence-corrected chi connectivity index (χ4v) is 3.43. The Morgan fingerprint density at radius 1 is 1.28 bits per heavy atom. The minimum Gasteiger partial charge on any atom is -0.489 e. The first kappa shape index (κ1) is 17.9. The van der Waals surface area contributed by atoms with Crippen molar-refractivity contribution in [2.75, 3.05) is 19.0 Å². The molecular formula is C18H19ClN2O3S. The maximum atomic E-state index is 12.0. The number of rotatable bonds is 6. The van der Waals surface area contributed by atoms with Gasteiger partial charge in [0, 0.05) is 24.9 Å². The summed E-state index contributed by atoms with van der Waals surface area (Å²) in [5.74, 6) is 2.29. The summed E-state index contributed by atoms with van der Waals surface area (Å²) in [5, 5.41) is 3.41. The van der Waals surface area contributed by atoms with Crippen molar-refractivity contribution in [2.45, 2.75) is 18.7 Å². The van der Waals surface area contributed by atoms with E-state index in [1.165, 1.54) is 11.8 Å². The number of nitrogens with one attached hydrogen (secondary N) is 1. The standard InChI is InChI=1S/C18H19ClN2O3S/c19-15-8-13(9-16-18(15)24-7-3-6-23-16)10-21-17(22)12-25-11-14-4-1-2-5-20-14/h1-2,4-5,8-9H,3,6-7,10-12H2,(H,21,22). The molecule has 0 spiro atoms. The molecule has 7 heteroatoms. The molecule has 5 nitrogen and oxygen atoms in total. The molecule has 0 radical (unpaired) electrons. The zero-order valence-corrected chi connectivity index (χ0v) is 15.2. The predicted octanol–water partition coefficient (Wildman–Crippen LogP) is 3.45. The molecule has 1 aliphatic rings. The molecule has 2 aromatic rings. The summed E-state index contributed by atoms with van der Waals surface area (Å²) < 4.78 is 11.3. The van der Waals surface area contributed by atoms with Crippen molar-refractivity contribution in [2.24, 2.45) is 0 Å². The van der Waals surface area contributed by atoms with Gasteiger partial charge in [-0.25, -0.2) is 0 Å². The second kappa shape index (κ2) is 8.97. The number of halogens is 1. The van der Waals surface area contributed by atoms with Gasteiger partial charge in [-0.2, -0.15) is 0 Å². The lowest BCUT2D eigenvalue weighted by atomic mass is 10.2. The molecule has 1 amide bonds. The van der Waals surface area contributed by atoms with E-state index in [0.717, 1.165) is 17.7 Å². The molecule has 0 bridgehead atoms. The zero-order valence-electron chi connectivity index (χ0n) is 13.7. The van der Waals surface area contributed by atoms with Crippen molar-refractivity contribution in [3.8, 4) is 11.5 Å². The van der Waals surface area contributed by atoms with Gasteiger partial charge in [-0.05, 0) is 29.8 Å². The van der Waals surface area contributed by atoms with E-state index in [4.69, 9.17) is 21.1 Å². The molecule has 0 saturated carbocycles. The first-order chi connectivity index (χ1) is 12.2. The Morgan fingerprint density at radius 2 is 2.16 bits per heavy atom. The molecule has 0 fully saturated rings. The van der Waals surface area contributed by atoms with E-state index in [-0.39, 0.29) is 5.91 Å². The van der Waals surface area contributed by atoms with Gasteiger partial charge in [0.25, 0.3) is 0 Å². The van der Waals surface area contributed by atoms with E-state index in [1.807, 2.05) is 24.3 Å². The number of hydrogen-bond acceptors (Lipinski definition) is 5. The minimum atomic E-state index is -0.0239. The quantitative estimate of drug-likeness (QED) is 0.834. The minimum absolute atomic E-state index is 0.0239. The van der Waals surface area contributed by atoms with E-state index in [0.29, 0.717) is 47.8 Å². The van der Waals surface area contributed by atoms with Gasteiger partial charge in [-0.3, -0.25) is 9.78 Å². The largest absolute Gasteiger partial charge is 0.489 e. The van der Waals surface area contributed by atoms with Crippen LogP contribution in [-0.2, 0) is 17.1 Å². The molecule has 0 saturated heterocycles. The van der Waals surface area contributed by atoms with Crippen molar-refractivity contribution >= 4 is 29.3 Å². The van der Waals surface area contributed by atoms with Crippen molar-refractivity contribution in [3.05, 3.63) is 52.8 Å². The van der Waals surface area contributed by atoms with Gasteiger partial charge in [0.1, 0.15) is 0 Å². The maximum absolute atomic E-state index is 12.0. The van der Waals surface area contributed by atoms with Crippen LogP contribution >= 0.6 is 23.4 Å². The Hall–Kier alpha value is -1.92. The molecule has 1 aromatic carbocycles. The average Bonchev–Trinajstić information content (AvgIpc) is 2.87. The summed E-state index contributed by atoms with van der Waals surface area (Å²) in [6, 6.07) is 9.44. The van der Waals surface area contributed by atoms with Gasteiger partial charge >= 0.3 is 0 Å². The fraction of sp³-hybridized carbons (Fsp3) is 0.333. The number of amides is 1. The summed E-state index contributed by atoms with van der Waals surface area (Å²) >= 11 is 7.79. The highest BCUT2D eigenvalue weighted by Crippen LogP contribution is 2.37. The molecule has 0 unspecified atom stereocenters. The Morgan fingerprint density at radius 3 is 3.00 bits per heavy atom. The molecule has 0 aliphatic carbocycles. The number of carbonyl (C=O) groups excluding carboxylic acids is 1. The summed E-state index contributed by atoms with van der Waals surface area (Å²) in [5.41, 5.74) is 1.85. The van der Waals surface area contributed by atoms with Crippen LogP contribution in [0.5, 0.6) is 11.5 Å². The molecule has 132 valence electrons. The van der Waals surface area contributed by atoms with Crippen LogP contribution in [0.1, 0.15) is 17.7 Å². The van der Waals surface area contributed by atoms with Crippen molar-refractivity contribution < 1.29 is 14.3 Å². The van der Waals surface area contributed by atoms with Gasteiger partial charge in [-0.15, -0.1) is 11.8 Å². The lowest BCUT2D eigenvalue weighted by Gasteiger charge is -2.12. The number of nitrogens with zero attached hydrogens (tertiary/aromatic N) is 1. The van der Waals surface area contributed by atoms with Crippen molar-refractivity contribution in [1.29, 1.82) is 0 Å². The summed E-state index contributed by atoms with van der Waals surface area (Å²) in [6.45, 7) is 1.60. The third-order valence-corrected chi connectivity index (χ3v) is 4.81. The van der Waals surface area contributed by atoms with Crippen LogP contribution in [0.4, 0.5) is 0 Å². The third kappa shape index (κ3) is 5.28. The highest BCUT2D eigenvalue weighted by atomic mass is 35.5. The van der Waals surface area contributed by atoms with Gasteiger partial charge in [-0.1, -0.05) is 17.7 Å². The number of ether oxygens (including phenoxy) is 2. The Bertz CT molecular complexity index is 728. The number of benzene rings is 1. The number of hydrogen-bond donors (Lipinski definition) is 1. The van der Waals surface area contributed by atoms with Crippen LogP contribution in [0.3, 0.4) is 0 Å². The number of thioether (sulfide) groups is 1. The normalized spacial score (nSPS) is 13.2. The van der Waals surface area contributed by atoms with Gasteiger partial charge in [0.2, 0.25) is 5.91 Å². The molecule has 0 atom stereocenters. The maximum Gasteiger partial charge on any atom is 0.230 e. The van der Waals surface area contributed by atoms with Crippen LogP contribution in [-0.4, -0.2) is 29.9 Å². The predicted molar refractivity (Wildman–Crippen MR) is 99.3 cm³/mol. The second-order valence-corrected chi connectivity index (χ2v) is 6.94. The van der Waals surface area contributed by atoms with Gasteiger partial charge in [0.15, 0.2) is 11.5 Å². The number of carbonyl (C=O) groups is 1. The van der Waals surface area contributed by atoms with E-state index in [2.05, 4.69) is 10.3 Å². The van der Waals surface area contributed by atoms with Crippen LogP contribution < -0.4 is 14.8 Å². The highest BCUT2D eigenvalue weighted by molar-refractivity contribution is 7.99. The van der Waals surface area contributed by atoms with Crippen LogP contribution in [0.15, 0.2) is 36.5 Å². The number of fused-ring (bicyclic) bond motifs is 1. The van der Waals surface area contributed by atoms with E-state index < -0.39 is 0 Å². The summed E-state index contributed by atoms with van der Waals surface area (Å²) in [4.78, 5) is 16.2. The monoisotopic (exact) mass is 378 g/mol. The lowest BCUT2D eigenvalue weighted by molar-refractivity contribution is -0.118. The smallest absolute Gasteiger partial charge is 0.230 e. The average molecular weight is 379 g/mol. The van der Waals surface area contributed by atoms with Crippen LogP contribution in [0.25, 0.3) is 0 Å². The number of aromatic nitrogens is 1. The van der Waals surface area contributed by atoms with Crippen molar-refractivity contribution in [3.63, 3.8) is 0 Å². The second-order valence-electron chi connectivity index (χ2n) is 5.55. The lowest BCUT2D eigenvalue weighted by Crippen LogP contribution is -2.24. The molecule has 1 aromatic heterocycles. The fourth-order valence-electron chi connectivity index (χ4n) is 2.37. The molecule has 2 heterocycles.